The Hall–Kier alpha value is -0.480. The Kier molecular flexibility index (Phi) is 6.43. The lowest BCUT2D eigenvalue weighted by Gasteiger charge is -2.37. The van der Waals surface area contributed by atoms with Crippen molar-refractivity contribution < 1.29 is 17.6 Å². The van der Waals surface area contributed by atoms with Crippen LogP contribution >= 0.6 is 11.6 Å². The molecule has 0 spiro atoms. The molecule has 4 fully saturated rings. The van der Waals surface area contributed by atoms with Gasteiger partial charge < -0.3 is 0 Å². The van der Waals surface area contributed by atoms with E-state index in [9.17, 15) is 17.6 Å². The van der Waals surface area contributed by atoms with E-state index in [1.807, 2.05) is 7.05 Å². The molecule has 3 saturated carbocycles. The van der Waals surface area contributed by atoms with Gasteiger partial charge in [0.1, 0.15) is 6.17 Å². The summed E-state index contributed by atoms with van der Waals surface area (Å²) >= 11 is 6.22. The molecule has 166 valence electrons. The molecule has 0 radical (unpaired) electrons. The van der Waals surface area contributed by atoms with Crippen molar-refractivity contribution in [3.05, 3.63) is 0 Å². The number of nitrogens with one attached hydrogen (secondary N) is 3. The Morgan fingerprint density at radius 3 is 2.62 bits per heavy atom. The molecule has 1 saturated heterocycles. The van der Waals surface area contributed by atoms with E-state index in [0.29, 0.717) is 24.7 Å². The van der Waals surface area contributed by atoms with Crippen LogP contribution in [-0.4, -0.2) is 62.8 Å². The molecule has 1 aliphatic heterocycles. The maximum Gasteiger partial charge on any atom is 0.241 e. The van der Waals surface area contributed by atoms with Crippen molar-refractivity contribution >= 4 is 27.5 Å². The maximum atomic E-state index is 14.7. The second-order valence-corrected chi connectivity index (χ2v) is 11.9. The van der Waals surface area contributed by atoms with E-state index >= 15 is 0 Å². The third kappa shape index (κ3) is 4.89. The van der Waals surface area contributed by atoms with Crippen molar-refractivity contribution in [1.82, 2.24) is 20.5 Å². The molecule has 8 unspecified atom stereocenters. The Morgan fingerprint density at radius 2 is 2.00 bits per heavy atom. The van der Waals surface area contributed by atoms with Crippen molar-refractivity contribution in [2.75, 3.05) is 26.0 Å². The Morgan fingerprint density at radius 1 is 1.21 bits per heavy atom. The average Bonchev–Trinajstić information content (AvgIpc) is 3.38. The molecule has 0 aromatic heterocycles. The van der Waals surface area contributed by atoms with Crippen LogP contribution in [0.15, 0.2) is 0 Å². The van der Waals surface area contributed by atoms with E-state index in [-0.39, 0.29) is 23.6 Å². The number of rotatable bonds is 6. The monoisotopic (exact) mass is 450 g/mol. The minimum absolute atomic E-state index is 0.0251. The number of likely N-dealkylation sites (N-methyl/N-ethyl adjacent to an activating group) is 1. The van der Waals surface area contributed by atoms with Gasteiger partial charge in [0.2, 0.25) is 15.9 Å². The molecule has 0 aromatic rings. The van der Waals surface area contributed by atoms with Gasteiger partial charge in [-0.2, -0.15) is 0 Å². The van der Waals surface area contributed by atoms with Crippen LogP contribution in [0.5, 0.6) is 0 Å². The second kappa shape index (κ2) is 8.57. The van der Waals surface area contributed by atoms with Crippen molar-refractivity contribution in [3.8, 4) is 0 Å². The fraction of sp³-hybridized carbons (Fsp3) is 0.947. The van der Waals surface area contributed by atoms with Crippen LogP contribution in [0.4, 0.5) is 4.39 Å². The number of sulfonamides is 1. The van der Waals surface area contributed by atoms with Crippen LogP contribution in [-0.2, 0) is 14.8 Å². The minimum atomic E-state index is -3.65. The molecular weight excluding hydrogens is 419 g/mol. The summed E-state index contributed by atoms with van der Waals surface area (Å²) < 4.78 is 39.6. The highest BCUT2D eigenvalue weighted by atomic mass is 35.5. The van der Waals surface area contributed by atoms with Crippen LogP contribution < -0.4 is 15.6 Å². The molecule has 3 aliphatic carbocycles. The van der Waals surface area contributed by atoms with Gasteiger partial charge in [0, 0.05) is 19.3 Å². The molecule has 8 atom stereocenters. The molecule has 2 bridgehead atoms. The zero-order valence-corrected chi connectivity index (χ0v) is 18.4. The first kappa shape index (κ1) is 21.7. The van der Waals surface area contributed by atoms with E-state index in [1.165, 1.54) is 6.42 Å². The number of fused-ring (bicyclic) bond motifs is 2. The first-order valence-corrected chi connectivity index (χ1v) is 12.8. The number of carbonyl (C=O) groups excluding carboxylic acids is 1. The number of alkyl halides is 2. The molecule has 10 heteroatoms. The summed E-state index contributed by atoms with van der Waals surface area (Å²) in [5.74, 6) is -0.174. The fourth-order valence-electron chi connectivity index (χ4n) is 5.98. The Balaban J connectivity index is 1.31. The summed E-state index contributed by atoms with van der Waals surface area (Å²) in [5, 5.41) is 2.63. The molecule has 1 heterocycles. The fourth-order valence-corrected chi connectivity index (χ4v) is 7.70. The lowest BCUT2D eigenvalue weighted by Crippen LogP contribution is -2.52. The van der Waals surface area contributed by atoms with E-state index in [1.54, 1.807) is 0 Å². The van der Waals surface area contributed by atoms with Gasteiger partial charge >= 0.3 is 0 Å². The van der Waals surface area contributed by atoms with E-state index in [4.69, 9.17) is 11.6 Å². The molecule has 1 amide bonds. The summed E-state index contributed by atoms with van der Waals surface area (Å²) in [7, 11) is -1.64. The smallest absolute Gasteiger partial charge is 0.241 e. The summed E-state index contributed by atoms with van der Waals surface area (Å²) in [5.41, 5.74) is 2.28. The van der Waals surface area contributed by atoms with Gasteiger partial charge in [-0.1, -0.05) is 6.42 Å². The number of carbonyl (C=O) groups is 1. The van der Waals surface area contributed by atoms with Gasteiger partial charge in [0.05, 0.1) is 17.0 Å². The zero-order chi connectivity index (χ0) is 20.8. The predicted octanol–water partition coefficient (Wildman–Crippen LogP) is 1.21. The highest BCUT2D eigenvalue weighted by molar-refractivity contribution is 7.89. The third-order valence-electron chi connectivity index (χ3n) is 7.50. The molecule has 4 aliphatic rings. The number of hydrazine groups is 1. The predicted molar refractivity (Wildman–Crippen MR) is 109 cm³/mol. The van der Waals surface area contributed by atoms with Crippen molar-refractivity contribution in [2.24, 2.45) is 29.6 Å². The van der Waals surface area contributed by atoms with E-state index in [0.717, 1.165) is 32.5 Å². The first-order valence-electron chi connectivity index (χ1n) is 10.7. The van der Waals surface area contributed by atoms with E-state index in [2.05, 4.69) is 20.5 Å². The van der Waals surface area contributed by atoms with Gasteiger partial charge in [-0.25, -0.2) is 12.8 Å². The first-order chi connectivity index (χ1) is 13.7. The Bertz CT molecular complexity index is 726. The highest BCUT2D eigenvalue weighted by Crippen LogP contribution is 2.48. The SMILES string of the molecule is CN1CNC(C2CC(Cl)C(F)C(C(=O)NNS(=O)(=O)CC3CC4CCC3C4)C2)C1. The summed E-state index contributed by atoms with van der Waals surface area (Å²) in [6.45, 7) is 1.59. The van der Waals surface area contributed by atoms with Crippen molar-refractivity contribution in [3.63, 3.8) is 0 Å². The number of halogens is 2. The number of hydrogen-bond donors (Lipinski definition) is 3. The summed E-state index contributed by atoms with van der Waals surface area (Å²) in [6, 6.07) is 0.165. The molecule has 0 aromatic carbocycles. The molecule has 3 N–H and O–H groups in total. The second-order valence-electron chi connectivity index (χ2n) is 9.61. The number of amides is 1. The lowest BCUT2D eigenvalue weighted by molar-refractivity contribution is -0.129. The number of nitrogens with zero attached hydrogens (tertiary/aromatic N) is 1. The summed E-state index contributed by atoms with van der Waals surface area (Å²) in [6.07, 6.45) is 3.77. The van der Waals surface area contributed by atoms with Crippen LogP contribution in [0.3, 0.4) is 0 Å². The van der Waals surface area contributed by atoms with Gasteiger partial charge in [0.25, 0.3) is 0 Å². The molecule has 29 heavy (non-hydrogen) atoms. The maximum absolute atomic E-state index is 14.7. The van der Waals surface area contributed by atoms with Gasteiger partial charge in [-0.3, -0.25) is 20.4 Å². The van der Waals surface area contributed by atoms with Crippen molar-refractivity contribution in [2.45, 2.75) is 56.1 Å². The standard InChI is InChI=1S/C19H32ClFN4O3S/c1-25-8-17(22-10-25)13-6-15(18(21)16(20)7-13)19(26)23-24-29(27,28)9-14-5-11-2-3-12(14)4-11/h11-18,22,24H,2-10H2,1H3,(H,23,26). The highest BCUT2D eigenvalue weighted by Gasteiger charge is 2.45. The van der Waals surface area contributed by atoms with Crippen LogP contribution in [0, 0.1) is 29.6 Å². The topological polar surface area (TPSA) is 90.5 Å². The van der Waals surface area contributed by atoms with Gasteiger partial charge in [-0.05, 0) is 62.8 Å². The lowest BCUT2D eigenvalue weighted by atomic mass is 9.76. The average molecular weight is 451 g/mol. The normalized spacial score (nSPS) is 43.0. The third-order valence-corrected chi connectivity index (χ3v) is 9.20. The van der Waals surface area contributed by atoms with Crippen LogP contribution in [0.1, 0.15) is 38.5 Å². The molecular formula is C19H32ClFN4O3S. The van der Waals surface area contributed by atoms with Crippen molar-refractivity contribution in [1.29, 1.82) is 0 Å². The van der Waals surface area contributed by atoms with Crippen LogP contribution in [0.2, 0.25) is 0 Å². The quantitative estimate of drug-likeness (QED) is 0.418. The van der Waals surface area contributed by atoms with E-state index < -0.39 is 33.4 Å². The minimum Gasteiger partial charge on any atom is -0.300 e. The molecule has 7 nitrogen and oxygen atoms in total. The van der Waals surface area contributed by atoms with Gasteiger partial charge in [0.15, 0.2) is 0 Å². The number of hydrogen-bond acceptors (Lipinski definition) is 5. The molecule has 4 rings (SSSR count). The van der Waals surface area contributed by atoms with Gasteiger partial charge in [-0.15, -0.1) is 16.4 Å². The largest absolute Gasteiger partial charge is 0.300 e. The Labute approximate surface area is 177 Å². The zero-order valence-electron chi connectivity index (χ0n) is 16.8. The summed E-state index contributed by atoms with van der Waals surface area (Å²) in [4.78, 5) is 17.0. The van der Waals surface area contributed by atoms with Crippen LogP contribution in [0.25, 0.3) is 0 Å².